The van der Waals surface area contributed by atoms with Crippen molar-refractivity contribution in [2.45, 2.75) is 18.9 Å². The predicted octanol–water partition coefficient (Wildman–Crippen LogP) is 1.38. The van der Waals surface area contributed by atoms with Crippen LogP contribution in [0.2, 0.25) is 0 Å². The fraction of sp³-hybridized carbons (Fsp3) is 0.429. The molecule has 0 aliphatic heterocycles. The molecular formula is C14H18N2O5. The number of aliphatic hydroxyl groups excluding tert-OH is 1. The molecule has 7 heteroatoms. The first kappa shape index (κ1) is 15.1. The predicted molar refractivity (Wildman–Crippen MR) is 75.8 cm³/mol. The summed E-state index contributed by atoms with van der Waals surface area (Å²) in [5, 5.41) is 20.7. The topological polar surface area (TPSA) is 99.1 Å². The van der Waals surface area contributed by atoms with Crippen molar-refractivity contribution in [3.05, 3.63) is 23.8 Å². The molecule has 2 amide bonds. The van der Waals surface area contributed by atoms with Crippen LogP contribution in [0.1, 0.15) is 23.2 Å². The number of urea groups is 1. The van der Waals surface area contributed by atoms with Crippen LogP contribution >= 0.6 is 0 Å². The monoisotopic (exact) mass is 294 g/mol. The van der Waals surface area contributed by atoms with E-state index in [2.05, 4.69) is 5.32 Å². The number of ether oxygens (including phenoxy) is 1. The van der Waals surface area contributed by atoms with Crippen LogP contribution in [-0.4, -0.2) is 53.4 Å². The number of carbonyl (C=O) groups excluding carboxylic acids is 1. The van der Waals surface area contributed by atoms with E-state index in [1.54, 1.807) is 4.90 Å². The van der Waals surface area contributed by atoms with Crippen LogP contribution in [0.4, 0.5) is 10.5 Å². The van der Waals surface area contributed by atoms with Gasteiger partial charge in [-0.25, -0.2) is 9.59 Å². The second-order valence-corrected chi connectivity index (χ2v) is 4.80. The molecule has 1 aliphatic carbocycles. The molecule has 0 unspecified atom stereocenters. The number of aliphatic hydroxyl groups is 1. The molecule has 1 fully saturated rings. The van der Waals surface area contributed by atoms with Crippen molar-refractivity contribution in [2.75, 3.05) is 25.6 Å². The van der Waals surface area contributed by atoms with Crippen molar-refractivity contribution in [2.24, 2.45) is 0 Å². The van der Waals surface area contributed by atoms with Crippen LogP contribution < -0.4 is 10.1 Å². The Morgan fingerprint density at radius 3 is 2.67 bits per heavy atom. The number of nitrogens with zero attached hydrogens (tertiary/aromatic N) is 1. The van der Waals surface area contributed by atoms with E-state index in [1.807, 2.05) is 0 Å². The highest BCUT2D eigenvalue weighted by atomic mass is 16.5. The highest BCUT2D eigenvalue weighted by molar-refractivity contribution is 5.95. The van der Waals surface area contributed by atoms with Gasteiger partial charge in [0.2, 0.25) is 0 Å². The number of nitrogens with one attached hydrogen (secondary N) is 1. The largest absolute Gasteiger partial charge is 0.495 e. The normalized spacial score (nSPS) is 13.6. The second-order valence-electron chi connectivity index (χ2n) is 4.80. The molecule has 0 saturated heterocycles. The fourth-order valence-corrected chi connectivity index (χ4v) is 2.07. The molecule has 2 rings (SSSR count). The number of aromatic carboxylic acids is 1. The Balaban J connectivity index is 2.18. The zero-order chi connectivity index (χ0) is 15.4. The lowest BCUT2D eigenvalue weighted by atomic mass is 10.2. The lowest BCUT2D eigenvalue weighted by Gasteiger charge is -2.22. The summed E-state index contributed by atoms with van der Waals surface area (Å²) in [5.41, 5.74) is 0.359. The van der Waals surface area contributed by atoms with Gasteiger partial charge in [0.05, 0.1) is 25.0 Å². The zero-order valence-electron chi connectivity index (χ0n) is 11.7. The first-order valence-corrected chi connectivity index (χ1v) is 6.66. The summed E-state index contributed by atoms with van der Waals surface area (Å²) < 4.78 is 5.12. The van der Waals surface area contributed by atoms with Crippen LogP contribution in [0.5, 0.6) is 5.75 Å². The van der Waals surface area contributed by atoms with Gasteiger partial charge in [-0.2, -0.15) is 0 Å². The Hall–Kier alpha value is -2.28. The van der Waals surface area contributed by atoms with Crippen molar-refractivity contribution in [1.82, 2.24) is 4.90 Å². The van der Waals surface area contributed by atoms with Crippen molar-refractivity contribution in [3.63, 3.8) is 0 Å². The van der Waals surface area contributed by atoms with Gasteiger partial charge in [-0.3, -0.25) is 0 Å². The van der Waals surface area contributed by atoms with Gasteiger partial charge in [-0.1, -0.05) is 0 Å². The minimum atomic E-state index is -1.08. The van der Waals surface area contributed by atoms with E-state index in [4.69, 9.17) is 14.9 Å². The number of methoxy groups -OCH3 is 1. The summed E-state index contributed by atoms with van der Waals surface area (Å²) >= 11 is 0. The maximum Gasteiger partial charge on any atom is 0.335 e. The van der Waals surface area contributed by atoms with E-state index in [1.165, 1.54) is 25.3 Å². The molecule has 0 spiro atoms. The third-order valence-corrected chi connectivity index (χ3v) is 3.28. The number of carboxylic acids is 1. The minimum Gasteiger partial charge on any atom is -0.495 e. The van der Waals surface area contributed by atoms with E-state index >= 15 is 0 Å². The summed E-state index contributed by atoms with van der Waals surface area (Å²) in [7, 11) is 1.44. The fourth-order valence-electron chi connectivity index (χ4n) is 2.07. The van der Waals surface area contributed by atoms with E-state index in [0.29, 0.717) is 11.4 Å². The minimum absolute atomic E-state index is 0.0613. The number of hydrogen-bond acceptors (Lipinski definition) is 4. The lowest BCUT2D eigenvalue weighted by Crippen LogP contribution is -2.38. The van der Waals surface area contributed by atoms with Gasteiger partial charge < -0.3 is 25.2 Å². The van der Waals surface area contributed by atoms with Crippen LogP contribution in [-0.2, 0) is 0 Å². The van der Waals surface area contributed by atoms with E-state index in [-0.39, 0.29) is 30.8 Å². The summed E-state index contributed by atoms with van der Waals surface area (Å²) in [6.45, 7) is 0.133. The Bertz CT molecular complexity index is 542. The number of amides is 2. The SMILES string of the molecule is COc1ccc(C(=O)O)cc1NC(=O)N(CCO)C1CC1. The maximum absolute atomic E-state index is 12.2. The molecule has 0 radical (unpaired) electrons. The van der Waals surface area contributed by atoms with Crippen molar-refractivity contribution < 1.29 is 24.5 Å². The standard InChI is InChI=1S/C14H18N2O5/c1-21-12-5-2-9(13(18)19)8-11(12)15-14(20)16(6-7-17)10-3-4-10/h2,5,8,10,17H,3-4,6-7H2,1H3,(H,15,20)(H,18,19). The smallest absolute Gasteiger partial charge is 0.335 e. The van der Waals surface area contributed by atoms with Gasteiger partial charge in [0.25, 0.3) is 0 Å². The highest BCUT2D eigenvalue weighted by Gasteiger charge is 2.32. The van der Waals surface area contributed by atoms with E-state index in [9.17, 15) is 9.59 Å². The van der Waals surface area contributed by atoms with E-state index in [0.717, 1.165) is 12.8 Å². The van der Waals surface area contributed by atoms with Gasteiger partial charge in [0, 0.05) is 12.6 Å². The quantitative estimate of drug-likeness (QED) is 0.736. The van der Waals surface area contributed by atoms with Crippen LogP contribution in [0, 0.1) is 0 Å². The Morgan fingerprint density at radius 1 is 1.43 bits per heavy atom. The second kappa shape index (κ2) is 6.45. The number of benzene rings is 1. The molecule has 0 bridgehead atoms. The number of rotatable bonds is 6. The summed E-state index contributed by atoms with van der Waals surface area (Å²) in [4.78, 5) is 24.8. The molecule has 0 atom stereocenters. The summed E-state index contributed by atoms with van der Waals surface area (Å²) in [6.07, 6.45) is 1.83. The molecule has 1 saturated carbocycles. The molecule has 0 heterocycles. The molecule has 21 heavy (non-hydrogen) atoms. The van der Waals surface area contributed by atoms with Gasteiger partial charge in [-0.05, 0) is 31.0 Å². The Labute approximate surface area is 122 Å². The average molecular weight is 294 g/mol. The molecule has 1 aromatic carbocycles. The molecule has 1 aliphatic rings. The third-order valence-electron chi connectivity index (χ3n) is 3.28. The molecule has 7 nitrogen and oxygen atoms in total. The van der Waals surface area contributed by atoms with Gasteiger partial charge in [0.1, 0.15) is 5.75 Å². The Morgan fingerprint density at radius 2 is 2.14 bits per heavy atom. The Kier molecular flexibility index (Phi) is 4.64. The van der Waals surface area contributed by atoms with Crippen molar-refractivity contribution in [1.29, 1.82) is 0 Å². The van der Waals surface area contributed by atoms with Gasteiger partial charge >= 0.3 is 12.0 Å². The van der Waals surface area contributed by atoms with Crippen molar-refractivity contribution >= 4 is 17.7 Å². The number of hydrogen-bond donors (Lipinski definition) is 3. The van der Waals surface area contributed by atoms with Crippen LogP contribution in [0.25, 0.3) is 0 Å². The third kappa shape index (κ3) is 3.63. The molecular weight excluding hydrogens is 276 g/mol. The maximum atomic E-state index is 12.2. The summed E-state index contributed by atoms with van der Waals surface area (Å²) in [6, 6.07) is 4.02. The molecule has 3 N–H and O–H groups in total. The molecule has 0 aromatic heterocycles. The van der Waals surface area contributed by atoms with Gasteiger partial charge in [-0.15, -0.1) is 0 Å². The highest BCUT2D eigenvalue weighted by Crippen LogP contribution is 2.29. The van der Waals surface area contributed by atoms with Crippen LogP contribution in [0.15, 0.2) is 18.2 Å². The van der Waals surface area contributed by atoms with Crippen molar-refractivity contribution in [3.8, 4) is 5.75 Å². The van der Waals surface area contributed by atoms with E-state index < -0.39 is 5.97 Å². The summed E-state index contributed by atoms with van der Waals surface area (Å²) in [5.74, 6) is -0.698. The number of anilines is 1. The molecule has 114 valence electrons. The number of carboxylic acid groups (broad SMARTS) is 1. The first-order valence-electron chi connectivity index (χ1n) is 6.66. The lowest BCUT2D eigenvalue weighted by molar-refractivity contribution is 0.0697. The first-order chi connectivity index (χ1) is 10.1. The number of carbonyl (C=O) groups is 2. The zero-order valence-corrected chi connectivity index (χ0v) is 11.7. The van der Waals surface area contributed by atoms with Gasteiger partial charge in [0.15, 0.2) is 0 Å². The molecule has 1 aromatic rings. The average Bonchev–Trinajstić information content (AvgIpc) is 3.28. The van der Waals surface area contributed by atoms with Crippen LogP contribution in [0.3, 0.4) is 0 Å².